The summed E-state index contributed by atoms with van der Waals surface area (Å²) in [5.41, 5.74) is 2.16. The molecule has 6 nitrogen and oxygen atoms in total. The van der Waals surface area contributed by atoms with E-state index in [1.807, 2.05) is 19.9 Å². The number of halogens is 2. The van der Waals surface area contributed by atoms with Gasteiger partial charge in [-0.25, -0.2) is 9.69 Å². The van der Waals surface area contributed by atoms with Gasteiger partial charge in [-0.15, -0.1) is 0 Å². The Kier molecular flexibility index (Phi) is 4.95. The molecule has 0 unspecified atom stereocenters. The predicted octanol–water partition coefficient (Wildman–Crippen LogP) is 3.98. The van der Waals surface area contributed by atoms with Gasteiger partial charge in [-0.1, -0.05) is 29.3 Å². The largest absolute Gasteiger partial charge is 0.505 e. The Labute approximate surface area is 165 Å². The van der Waals surface area contributed by atoms with Gasteiger partial charge in [0.05, 0.1) is 15.7 Å². The summed E-state index contributed by atoms with van der Waals surface area (Å²) in [4.78, 5) is 38.2. The van der Waals surface area contributed by atoms with E-state index in [1.54, 1.807) is 12.1 Å². The van der Waals surface area contributed by atoms with Gasteiger partial charge in [-0.05, 0) is 60.9 Å². The van der Waals surface area contributed by atoms with Crippen molar-refractivity contribution in [2.24, 2.45) is 0 Å². The van der Waals surface area contributed by atoms with Crippen LogP contribution in [0.4, 0.5) is 10.5 Å². The lowest BCUT2D eigenvalue weighted by Gasteiger charge is -2.27. The van der Waals surface area contributed by atoms with Crippen LogP contribution < -0.4 is 10.2 Å². The Hall–Kier alpha value is -2.83. The number of phenols is 1. The van der Waals surface area contributed by atoms with Crippen LogP contribution in [0.2, 0.25) is 10.0 Å². The maximum atomic E-state index is 12.9. The van der Waals surface area contributed by atoms with Gasteiger partial charge < -0.3 is 5.11 Å². The number of benzene rings is 2. The second kappa shape index (κ2) is 7.06. The number of amides is 4. The number of hydrogen-bond donors (Lipinski definition) is 2. The molecule has 4 amide bonds. The van der Waals surface area contributed by atoms with E-state index in [2.05, 4.69) is 5.32 Å². The molecule has 1 fully saturated rings. The van der Waals surface area contributed by atoms with E-state index in [0.717, 1.165) is 16.0 Å². The number of barbiturate groups is 1. The van der Waals surface area contributed by atoms with Crippen LogP contribution in [0.3, 0.4) is 0 Å². The number of rotatable bonds is 2. The SMILES string of the molecule is Cc1cc(C)cc(N2C(=O)NC(=O)/C(=C\c3cc(Cl)c(O)c(Cl)c3)C2=O)c1. The Morgan fingerprint density at radius 2 is 1.52 bits per heavy atom. The minimum Gasteiger partial charge on any atom is -0.505 e. The number of urea groups is 1. The van der Waals surface area contributed by atoms with Crippen LogP contribution in [0.25, 0.3) is 6.08 Å². The van der Waals surface area contributed by atoms with E-state index in [0.29, 0.717) is 11.3 Å². The van der Waals surface area contributed by atoms with Crippen molar-refractivity contribution in [3.05, 3.63) is 62.6 Å². The molecule has 138 valence electrons. The topological polar surface area (TPSA) is 86.7 Å². The van der Waals surface area contributed by atoms with Gasteiger partial charge in [0.15, 0.2) is 5.75 Å². The third kappa shape index (κ3) is 3.67. The lowest BCUT2D eigenvalue weighted by molar-refractivity contribution is -0.122. The van der Waals surface area contributed by atoms with Gasteiger partial charge in [0.25, 0.3) is 11.8 Å². The molecule has 2 aromatic rings. The highest BCUT2D eigenvalue weighted by molar-refractivity contribution is 6.40. The fourth-order valence-electron chi connectivity index (χ4n) is 2.81. The summed E-state index contributed by atoms with van der Waals surface area (Å²) in [6, 6.07) is 7.13. The molecule has 1 heterocycles. The first-order valence-electron chi connectivity index (χ1n) is 7.85. The number of nitrogens with one attached hydrogen (secondary N) is 1. The van der Waals surface area contributed by atoms with Crippen molar-refractivity contribution in [1.29, 1.82) is 0 Å². The first-order chi connectivity index (χ1) is 12.7. The second-order valence-corrected chi connectivity index (χ2v) is 6.95. The molecule has 0 aromatic heterocycles. The third-order valence-electron chi connectivity index (χ3n) is 3.92. The molecule has 0 bridgehead atoms. The van der Waals surface area contributed by atoms with Crippen molar-refractivity contribution in [2.75, 3.05) is 4.90 Å². The van der Waals surface area contributed by atoms with Crippen molar-refractivity contribution < 1.29 is 19.5 Å². The average Bonchev–Trinajstić information content (AvgIpc) is 2.55. The number of carbonyl (C=O) groups excluding carboxylic acids is 3. The summed E-state index contributed by atoms with van der Waals surface area (Å²) in [6.07, 6.45) is 1.26. The van der Waals surface area contributed by atoms with Gasteiger partial charge in [0.2, 0.25) is 0 Å². The summed E-state index contributed by atoms with van der Waals surface area (Å²) >= 11 is 11.8. The van der Waals surface area contributed by atoms with Crippen molar-refractivity contribution in [1.82, 2.24) is 5.32 Å². The van der Waals surface area contributed by atoms with Crippen LogP contribution >= 0.6 is 23.2 Å². The molecule has 0 atom stereocenters. The second-order valence-electron chi connectivity index (χ2n) is 6.14. The molecule has 0 spiro atoms. The highest BCUT2D eigenvalue weighted by atomic mass is 35.5. The lowest BCUT2D eigenvalue weighted by Crippen LogP contribution is -2.54. The van der Waals surface area contributed by atoms with E-state index in [1.165, 1.54) is 18.2 Å². The molecule has 27 heavy (non-hydrogen) atoms. The maximum absolute atomic E-state index is 12.9. The number of hydrogen-bond acceptors (Lipinski definition) is 4. The van der Waals surface area contributed by atoms with E-state index in [9.17, 15) is 19.5 Å². The average molecular weight is 405 g/mol. The van der Waals surface area contributed by atoms with Crippen molar-refractivity contribution in [2.45, 2.75) is 13.8 Å². The van der Waals surface area contributed by atoms with Gasteiger partial charge in [-0.2, -0.15) is 0 Å². The zero-order valence-corrected chi connectivity index (χ0v) is 15.9. The molecule has 0 saturated carbocycles. The minimum atomic E-state index is -0.828. The highest BCUT2D eigenvalue weighted by Crippen LogP contribution is 2.34. The molecular weight excluding hydrogens is 391 g/mol. The maximum Gasteiger partial charge on any atom is 0.335 e. The van der Waals surface area contributed by atoms with Crippen LogP contribution in [0.1, 0.15) is 16.7 Å². The van der Waals surface area contributed by atoms with E-state index in [-0.39, 0.29) is 21.4 Å². The Morgan fingerprint density at radius 3 is 2.07 bits per heavy atom. The molecule has 0 aliphatic carbocycles. The summed E-state index contributed by atoms with van der Waals surface area (Å²) in [5.74, 6) is -1.90. The van der Waals surface area contributed by atoms with E-state index in [4.69, 9.17) is 23.2 Å². The van der Waals surface area contributed by atoms with E-state index >= 15 is 0 Å². The molecular formula is C19H14Cl2N2O4. The molecule has 1 aliphatic rings. The normalized spacial score (nSPS) is 16.1. The minimum absolute atomic E-state index is 0.0275. The molecule has 2 aromatic carbocycles. The molecule has 1 aliphatic heterocycles. The van der Waals surface area contributed by atoms with Gasteiger partial charge in [0, 0.05) is 0 Å². The zero-order valence-electron chi connectivity index (χ0n) is 14.3. The predicted molar refractivity (Wildman–Crippen MR) is 103 cm³/mol. The number of anilines is 1. The smallest absolute Gasteiger partial charge is 0.335 e. The van der Waals surface area contributed by atoms with Crippen LogP contribution in [0, 0.1) is 13.8 Å². The van der Waals surface area contributed by atoms with Crippen LogP contribution in [0.15, 0.2) is 35.9 Å². The number of phenolic OH excluding ortho intramolecular Hbond substituents is 1. The zero-order chi connectivity index (χ0) is 19.9. The monoisotopic (exact) mass is 404 g/mol. The van der Waals surface area contributed by atoms with Gasteiger partial charge in [-0.3, -0.25) is 14.9 Å². The molecule has 2 N–H and O–H groups in total. The van der Waals surface area contributed by atoms with Crippen LogP contribution in [0.5, 0.6) is 5.75 Å². The number of carbonyl (C=O) groups is 3. The third-order valence-corrected chi connectivity index (χ3v) is 4.49. The summed E-state index contributed by atoms with van der Waals surface area (Å²) in [5, 5.41) is 11.7. The van der Waals surface area contributed by atoms with Crippen molar-refractivity contribution in [3.8, 4) is 5.75 Å². The Bertz CT molecular complexity index is 987. The van der Waals surface area contributed by atoms with Crippen LogP contribution in [-0.4, -0.2) is 23.0 Å². The Balaban J connectivity index is 2.07. The molecule has 3 rings (SSSR count). The number of aromatic hydroxyl groups is 1. The first kappa shape index (κ1) is 18.9. The summed E-state index contributed by atoms with van der Waals surface area (Å²) in [7, 11) is 0. The molecule has 8 heteroatoms. The quantitative estimate of drug-likeness (QED) is 0.585. The fourth-order valence-corrected chi connectivity index (χ4v) is 3.31. The van der Waals surface area contributed by atoms with Gasteiger partial charge in [0.1, 0.15) is 5.57 Å². The standard InChI is InChI=1S/C19H14Cl2N2O4/c1-9-3-10(2)5-12(4-9)23-18(26)13(17(25)22-19(23)27)6-11-7-14(20)16(24)15(21)8-11/h3-8,24H,1-2H3,(H,22,25,27)/b13-6+. The van der Waals surface area contributed by atoms with E-state index < -0.39 is 17.8 Å². The molecule has 0 radical (unpaired) electrons. The summed E-state index contributed by atoms with van der Waals surface area (Å²) < 4.78 is 0. The first-order valence-corrected chi connectivity index (χ1v) is 8.60. The van der Waals surface area contributed by atoms with Crippen molar-refractivity contribution in [3.63, 3.8) is 0 Å². The Morgan fingerprint density at radius 1 is 0.963 bits per heavy atom. The molecule has 1 saturated heterocycles. The highest BCUT2D eigenvalue weighted by Gasteiger charge is 2.37. The number of imide groups is 2. The van der Waals surface area contributed by atoms with Crippen molar-refractivity contribution >= 4 is 52.8 Å². The number of nitrogens with zero attached hydrogens (tertiary/aromatic N) is 1. The van der Waals surface area contributed by atoms with Crippen LogP contribution in [-0.2, 0) is 9.59 Å². The lowest BCUT2D eigenvalue weighted by atomic mass is 10.1. The number of aryl methyl sites for hydroxylation is 2. The summed E-state index contributed by atoms with van der Waals surface area (Å²) in [6.45, 7) is 3.68. The van der Waals surface area contributed by atoms with Gasteiger partial charge >= 0.3 is 6.03 Å². The fraction of sp³-hybridized carbons (Fsp3) is 0.105.